The lowest BCUT2D eigenvalue weighted by atomic mass is 10.1. The van der Waals surface area contributed by atoms with E-state index in [4.69, 9.17) is 5.73 Å². The van der Waals surface area contributed by atoms with Crippen molar-refractivity contribution in [3.63, 3.8) is 0 Å². The highest BCUT2D eigenvalue weighted by Crippen LogP contribution is 2.19. The number of imide groups is 1. The Morgan fingerprint density at radius 2 is 1.77 bits per heavy atom. The van der Waals surface area contributed by atoms with Gasteiger partial charge in [0.2, 0.25) is 23.6 Å². The minimum atomic E-state index is -0.696. The summed E-state index contributed by atoms with van der Waals surface area (Å²) in [7, 11) is 0. The molecule has 5 N–H and O–H groups in total. The van der Waals surface area contributed by atoms with Gasteiger partial charge in [0.15, 0.2) is 5.78 Å². The van der Waals surface area contributed by atoms with Gasteiger partial charge in [0.1, 0.15) is 0 Å². The van der Waals surface area contributed by atoms with Gasteiger partial charge in [-0.3, -0.25) is 28.9 Å². The van der Waals surface area contributed by atoms with E-state index in [1.807, 2.05) is 0 Å². The average molecular weight is 440 g/mol. The largest absolute Gasteiger partial charge is 0.352 e. The monoisotopic (exact) mass is 439 g/mol. The van der Waals surface area contributed by atoms with E-state index in [1.54, 1.807) is 6.92 Å². The van der Waals surface area contributed by atoms with E-state index in [2.05, 4.69) is 16.0 Å². The Kier molecular flexibility index (Phi) is 11.2. The first kappa shape index (κ1) is 26.1. The minimum absolute atomic E-state index is 0.137. The maximum absolute atomic E-state index is 12.0. The van der Waals surface area contributed by atoms with Gasteiger partial charge < -0.3 is 21.7 Å². The van der Waals surface area contributed by atoms with Crippen LogP contribution in [0.2, 0.25) is 0 Å². The van der Waals surface area contributed by atoms with E-state index in [1.165, 1.54) is 11.8 Å². The fourth-order valence-electron chi connectivity index (χ4n) is 3.22. The maximum atomic E-state index is 12.0. The number of nitrogens with zero attached hydrogens (tertiary/aromatic N) is 1. The number of nitrogens with two attached hydrogens (primary N) is 1. The van der Waals surface area contributed by atoms with Gasteiger partial charge in [-0.25, -0.2) is 4.79 Å². The summed E-state index contributed by atoms with van der Waals surface area (Å²) in [5.74, 6) is -1.52. The summed E-state index contributed by atoms with van der Waals surface area (Å²) in [6, 6.07) is -1.35. The van der Waals surface area contributed by atoms with Gasteiger partial charge >= 0.3 is 6.03 Å². The number of likely N-dealkylation sites (tertiary alicyclic amines) is 1. The van der Waals surface area contributed by atoms with Crippen LogP contribution in [0.25, 0.3) is 0 Å². The van der Waals surface area contributed by atoms with Crippen molar-refractivity contribution in [2.75, 3.05) is 19.6 Å². The predicted octanol–water partition coefficient (Wildman–Crippen LogP) is -0.420. The molecule has 6 amide bonds. The van der Waals surface area contributed by atoms with Crippen LogP contribution in [-0.2, 0) is 24.0 Å². The SMILES string of the molecule is CC(=O)[C@H](CCCNC(N)=O)NC(=O)CNC(=O)CCCCCN1C(=O)CC(C)C1=O. The molecule has 1 heterocycles. The lowest BCUT2D eigenvalue weighted by Crippen LogP contribution is -2.45. The number of Topliss-reactive ketones (excluding diaryl/α,β-unsaturated/α-hetero) is 1. The second-order valence-corrected chi connectivity index (χ2v) is 7.74. The number of carbonyl (C=O) groups is 6. The zero-order chi connectivity index (χ0) is 23.4. The van der Waals surface area contributed by atoms with E-state index in [0.717, 1.165) is 0 Å². The van der Waals surface area contributed by atoms with Gasteiger partial charge in [-0.05, 0) is 32.6 Å². The number of urea groups is 1. The quantitative estimate of drug-likeness (QED) is 0.212. The fraction of sp³-hybridized carbons (Fsp3) is 0.700. The molecule has 1 aliphatic rings. The highest BCUT2D eigenvalue weighted by atomic mass is 16.2. The van der Waals surface area contributed by atoms with Gasteiger partial charge in [0, 0.05) is 31.8 Å². The van der Waals surface area contributed by atoms with Crippen molar-refractivity contribution in [2.24, 2.45) is 11.7 Å². The van der Waals surface area contributed by atoms with Crippen LogP contribution in [0.4, 0.5) is 4.79 Å². The molecular formula is C20H33N5O6. The van der Waals surface area contributed by atoms with E-state index in [-0.39, 0.29) is 48.8 Å². The van der Waals surface area contributed by atoms with E-state index < -0.39 is 18.0 Å². The molecule has 0 aliphatic carbocycles. The number of primary amides is 1. The van der Waals surface area contributed by atoms with Gasteiger partial charge in [-0.1, -0.05) is 13.3 Å². The summed E-state index contributed by atoms with van der Waals surface area (Å²) in [4.78, 5) is 70.9. The smallest absolute Gasteiger partial charge is 0.312 e. The molecule has 174 valence electrons. The number of ketones is 1. The summed E-state index contributed by atoms with van der Waals surface area (Å²) < 4.78 is 0. The maximum Gasteiger partial charge on any atom is 0.312 e. The molecule has 0 spiro atoms. The molecule has 0 aromatic heterocycles. The minimum Gasteiger partial charge on any atom is -0.352 e. The van der Waals surface area contributed by atoms with Crippen molar-refractivity contribution >= 4 is 35.4 Å². The summed E-state index contributed by atoms with van der Waals surface area (Å²) in [5, 5.41) is 7.47. The molecule has 1 saturated heterocycles. The lowest BCUT2D eigenvalue weighted by Gasteiger charge is -2.16. The van der Waals surface area contributed by atoms with E-state index in [9.17, 15) is 28.8 Å². The molecule has 0 bridgehead atoms. The first-order valence-corrected chi connectivity index (χ1v) is 10.6. The van der Waals surface area contributed by atoms with Crippen LogP contribution in [0.3, 0.4) is 0 Å². The standard InChI is InChI=1S/C20H33N5O6/c1-13-11-18(29)25(19(13)30)10-5-3-4-8-16(27)23-12-17(28)24-15(14(2)26)7-6-9-22-20(21)31/h13,15H,3-12H2,1-2H3,(H,23,27)(H,24,28)(H3,21,22,31)/t13?,15-/m0/s1. The summed E-state index contributed by atoms with van der Waals surface area (Å²) in [6.07, 6.45) is 3.17. The van der Waals surface area contributed by atoms with Gasteiger partial charge in [-0.15, -0.1) is 0 Å². The van der Waals surface area contributed by atoms with Crippen LogP contribution in [0.5, 0.6) is 0 Å². The second-order valence-electron chi connectivity index (χ2n) is 7.74. The van der Waals surface area contributed by atoms with Crippen molar-refractivity contribution in [3.05, 3.63) is 0 Å². The molecule has 1 fully saturated rings. The first-order valence-electron chi connectivity index (χ1n) is 10.6. The van der Waals surface area contributed by atoms with E-state index in [0.29, 0.717) is 45.2 Å². The number of rotatable bonds is 14. The predicted molar refractivity (Wildman–Crippen MR) is 111 cm³/mol. The number of carbonyl (C=O) groups excluding carboxylic acids is 6. The molecule has 31 heavy (non-hydrogen) atoms. The van der Waals surface area contributed by atoms with Crippen LogP contribution in [0, 0.1) is 5.92 Å². The Bertz CT molecular complexity index is 696. The molecule has 1 aliphatic heterocycles. The summed E-state index contributed by atoms with van der Waals surface area (Å²) in [6.45, 7) is 3.52. The van der Waals surface area contributed by atoms with Crippen LogP contribution < -0.4 is 21.7 Å². The molecule has 0 saturated carbocycles. The third-order valence-corrected chi connectivity index (χ3v) is 5.00. The molecule has 11 heteroatoms. The highest BCUT2D eigenvalue weighted by Gasteiger charge is 2.34. The fourth-order valence-corrected chi connectivity index (χ4v) is 3.22. The lowest BCUT2D eigenvalue weighted by molar-refractivity contribution is -0.139. The van der Waals surface area contributed by atoms with Crippen molar-refractivity contribution in [3.8, 4) is 0 Å². The third kappa shape index (κ3) is 10.1. The Balaban J connectivity index is 2.17. The number of amides is 6. The third-order valence-electron chi connectivity index (χ3n) is 5.00. The number of hydrogen-bond donors (Lipinski definition) is 4. The van der Waals surface area contributed by atoms with Gasteiger partial charge in [0.05, 0.1) is 12.6 Å². The molecular weight excluding hydrogens is 406 g/mol. The first-order chi connectivity index (χ1) is 14.6. The van der Waals surface area contributed by atoms with Crippen molar-refractivity contribution in [2.45, 2.75) is 64.8 Å². The zero-order valence-electron chi connectivity index (χ0n) is 18.2. The number of hydrogen-bond acceptors (Lipinski definition) is 6. The Morgan fingerprint density at radius 1 is 1.06 bits per heavy atom. The normalized spacial score (nSPS) is 16.7. The van der Waals surface area contributed by atoms with Crippen LogP contribution in [-0.4, -0.2) is 66.0 Å². The molecule has 11 nitrogen and oxygen atoms in total. The molecule has 2 atom stereocenters. The van der Waals surface area contributed by atoms with Gasteiger partial charge in [-0.2, -0.15) is 0 Å². The topological polar surface area (TPSA) is 168 Å². The van der Waals surface area contributed by atoms with Gasteiger partial charge in [0.25, 0.3) is 0 Å². The van der Waals surface area contributed by atoms with E-state index >= 15 is 0 Å². The second kappa shape index (κ2) is 13.3. The highest BCUT2D eigenvalue weighted by molar-refractivity contribution is 6.03. The molecule has 1 unspecified atom stereocenters. The molecule has 0 aromatic rings. The van der Waals surface area contributed by atoms with Crippen LogP contribution in [0.1, 0.15) is 58.8 Å². The van der Waals surface area contributed by atoms with Crippen LogP contribution in [0.15, 0.2) is 0 Å². The van der Waals surface area contributed by atoms with Crippen molar-refractivity contribution in [1.82, 2.24) is 20.9 Å². The summed E-state index contributed by atoms with van der Waals surface area (Å²) >= 11 is 0. The average Bonchev–Trinajstić information content (AvgIpc) is 2.93. The van der Waals surface area contributed by atoms with Crippen molar-refractivity contribution in [1.29, 1.82) is 0 Å². The van der Waals surface area contributed by atoms with Crippen molar-refractivity contribution < 1.29 is 28.8 Å². The Hall–Kier alpha value is -2.98. The number of nitrogens with one attached hydrogen (secondary N) is 3. The Labute approximate surface area is 181 Å². The molecule has 0 radical (unpaired) electrons. The molecule has 1 rings (SSSR count). The van der Waals surface area contributed by atoms with Crippen LogP contribution >= 0.6 is 0 Å². The summed E-state index contributed by atoms with van der Waals surface area (Å²) in [5.41, 5.74) is 4.96. The molecule has 0 aromatic carbocycles. The Morgan fingerprint density at radius 3 is 2.35 bits per heavy atom. The number of unbranched alkanes of at least 4 members (excludes halogenated alkanes) is 2. The zero-order valence-corrected chi connectivity index (χ0v) is 18.2.